The lowest BCUT2D eigenvalue weighted by atomic mass is 10.0. The first-order chi connectivity index (χ1) is 13.5. The summed E-state index contributed by atoms with van der Waals surface area (Å²) in [6, 6.07) is 4.65. The minimum atomic E-state index is -5.23. The molecule has 1 aliphatic rings. The van der Waals surface area contributed by atoms with Crippen molar-refractivity contribution in [3.63, 3.8) is 0 Å². The highest BCUT2D eigenvalue weighted by Gasteiger charge is 2.68. The summed E-state index contributed by atoms with van der Waals surface area (Å²) in [5.74, 6) is -1.99. The summed E-state index contributed by atoms with van der Waals surface area (Å²) in [6.45, 7) is -0.780. The summed E-state index contributed by atoms with van der Waals surface area (Å²) >= 11 is 0. The van der Waals surface area contributed by atoms with Gasteiger partial charge in [0.05, 0.1) is 19.3 Å². The quantitative estimate of drug-likeness (QED) is 0.278. The molecule has 10 nitrogen and oxygen atoms in total. The Balaban J connectivity index is 2.20. The van der Waals surface area contributed by atoms with Crippen molar-refractivity contribution in [2.45, 2.75) is 37.3 Å². The van der Waals surface area contributed by atoms with Crippen molar-refractivity contribution < 1.29 is 47.4 Å². The molecule has 0 radical (unpaired) electrons. The number of esters is 1. The molecule has 1 aromatic rings. The number of halogens is 3. The van der Waals surface area contributed by atoms with Crippen molar-refractivity contribution in [2.24, 2.45) is 0 Å². The number of nitrogens with zero attached hydrogens (tertiary/aromatic N) is 2. The number of methoxy groups -OCH3 is 1. The molecule has 2 unspecified atom stereocenters. The Hall–Kier alpha value is -2.93. The third kappa shape index (κ3) is 4.40. The summed E-state index contributed by atoms with van der Waals surface area (Å²) in [6.07, 6.45) is -7.41. The molecule has 1 aromatic carbocycles. The normalized spacial score (nSPS) is 19.6. The van der Waals surface area contributed by atoms with Crippen LogP contribution < -0.4 is 0 Å². The predicted octanol–water partition coefficient (Wildman–Crippen LogP) is 2.18. The Morgan fingerprint density at radius 2 is 2.00 bits per heavy atom. The zero-order valence-electron chi connectivity index (χ0n) is 15.0. The monoisotopic (exact) mass is 422 g/mol. The largest absolute Gasteiger partial charge is 0.469 e. The number of alkyl halides is 3. The molecule has 0 aliphatic carbocycles. The first kappa shape index (κ1) is 22.4. The Morgan fingerprint density at radius 1 is 1.34 bits per heavy atom. The fraction of sp³-hybridized carbons (Fsp3) is 0.500. The minimum Gasteiger partial charge on any atom is -0.469 e. The molecule has 1 heterocycles. The van der Waals surface area contributed by atoms with Gasteiger partial charge >= 0.3 is 12.1 Å². The van der Waals surface area contributed by atoms with E-state index in [2.05, 4.69) is 9.57 Å². The van der Waals surface area contributed by atoms with Gasteiger partial charge in [0, 0.05) is 12.0 Å². The van der Waals surface area contributed by atoms with Crippen molar-refractivity contribution in [3.05, 3.63) is 45.5 Å². The van der Waals surface area contributed by atoms with Crippen LogP contribution in [0.3, 0.4) is 0 Å². The lowest BCUT2D eigenvalue weighted by Gasteiger charge is -2.36. The lowest BCUT2D eigenvalue weighted by molar-refractivity contribution is -0.769. The highest BCUT2D eigenvalue weighted by Crippen LogP contribution is 2.49. The number of carbonyl (C=O) groups is 2. The molecular weight excluding hydrogens is 405 g/mol. The lowest BCUT2D eigenvalue weighted by Crippen LogP contribution is -2.55. The Labute approximate surface area is 161 Å². The summed E-state index contributed by atoms with van der Waals surface area (Å²) in [4.78, 5) is 38.2. The Bertz CT molecular complexity index is 788. The second kappa shape index (κ2) is 8.61. The molecule has 1 amide bonds. The molecule has 160 valence electrons. The third-order valence-corrected chi connectivity index (χ3v) is 4.28. The maximum absolute atomic E-state index is 13.9. The van der Waals surface area contributed by atoms with Gasteiger partial charge in [0.2, 0.25) is 0 Å². The number of benzene rings is 1. The molecule has 0 spiro atoms. The topological polar surface area (TPSA) is 128 Å². The van der Waals surface area contributed by atoms with E-state index in [1.54, 1.807) is 0 Å². The van der Waals surface area contributed by atoms with Gasteiger partial charge in [-0.2, -0.15) is 18.2 Å². The molecular formula is C16H17F3N2O8. The molecule has 0 fully saturated rings. The number of hydroxylamine groups is 2. The molecule has 0 bridgehead atoms. The number of fused-ring (bicyclic) bond motifs is 1. The number of rotatable bonds is 9. The fourth-order valence-electron chi connectivity index (χ4n) is 2.92. The van der Waals surface area contributed by atoms with Gasteiger partial charge in [-0.1, -0.05) is 18.2 Å². The van der Waals surface area contributed by atoms with Crippen LogP contribution in [-0.2, 0) is 24.8 Å². The van der Waals surface area contributed by atoms with E-state index in [1.807, 2.05) is 0 Å². The summed E-state index contributed by atoms with van der Waals surface area (Å²) in [7, 11) is 1.10. The summed E-state index contributed by atoms with van der Waals surface area (Å²) in [5, 5.41) is 18.8. The number of hydrogen-bond donors (Lipinski definition) is 1. The van der Waals surface area contributed by atoms with Crippen LogP contribution in [0.2, 0.25) is 0 Å². The van der Waals surface area contributed by atoms with E-state index >= 15 is 0 Å². The van der Waals surface area contributed by atoms with E-state index in [4.69, 9.17) is 4.74 Å². The first-order valence-corrected chi connectivity index (χ1v) is 8.26. The van der Waals surface area contributed by atoms with E-state index in [1.165, 1.54) is 12.1 Å². The molecule has 0 saturated heterocycles. The second-order valence-corrected chi connectivity index (χ2v) is 6.01. The van der Waals surface area contributed by atoms with Gasteiger partial charge in [-0.3, -0.25) is 14.8 Å². The van der Waals surface area contributed by atoms with Gasteiger partial charge in [0.1, 0.15) is 6.10 Å². The molecule has 0 saturated carbocycles. The minimum absolute atomic E-state index is 0.214. The highest BCUT2D eigenvalue weighted by molar-refractivity contribution is 5.99. The van der Waals surface area contributed by atoms with Gasteiger partial charge in [-0.25, -0.2) is 0 Å². The van der Waals surface area contributed by atoms with Crippen molar-refractivity contribution in [1.82, 2.24) is 5.06 Å². The zero-order valence-corrected chi connectivity index (χ0v) is 15.0. The van der Waals surface area contributed by atoms with E-state index in [0.29, 0.717) is 0 Å². The van der Waals surface area contributed by atoms with Gasteiger partial charge in [-0.05, 0) is 18.9 Å². The van der Waals surface area contributed by atoms with Crippen molar-refractivity contribution in [2.75, 3.05) is 13.7 Å². The van der Waals surface area contributed by atoms with Crippen molar-refractivity contribution >= 4 is 11.9 Å². The zero-order chi connectivity index (χ0) is 21.8. The van der Waals surface area contributed by atoms with E-state index in [0.717, 1.165) is 19.2 Å². The van der Waals surface area contributed by atoms with Gasteiger partial charge in [-0.15, -0.1) is 10.1 Å². The molecule has 2 rings (SSSR count). The number of ether oxygens (including phenoxy) is 2. The summed E-state index contributed by atoms with van der Waals surface area (Å²) < 4.78 is 50.9. The van der Waals surface area contributed by atoms with Gasteiger partial charge < -0.3 is 14.3 Å². The fourth-order valence-corrected chi connectivity index (χ4v) is 2.92. The van der Waals surface area contributed by atoms with Gasteiger partial charge in [0.25, 0.3) is 16.7 Å². The second-order valence-electron chi connectivity index (χ2n) is 6.01. The molecule has 1 aliphatic heterocycles. The molecule has 0 aromatic heterocycles. The van der Waals surface area contributed by atoms with Crippen LogP contribution in [0.4, 0.5) is 13.2 Å². The van der Waals surface area contributed by atoms with E-state index < -0.39 is 64.2 Å². The average molecular weight is 422 g/mol. The van der Waals surface area contributed by atoms with E-state index in [-0.39, 0.29) is 12.8 Å². The molecule has 13 heteroatoms. The highest BCUT2D eigenvalue weighted by atomic mass is 19.4. The van der Waals surface area contributed by atoms with Gasteiger partial charge in [0.15, 0.2) is 0 Å². The van der Waals surface area contributed by atoms with Crippen LogP contribution in [0, 0.1) is 10.1 Å². The van der Waals surface area contributed by atoms with Crippen molar-refractivity contribution in [1.29, 1.82) is 0 Å². The van der Waals surface area contributed by atoms with Crippen LogP contribution in [0.15, 0.2) is 24.3 Å². The van der Waals surface area contributed by atoms with Crippen LogP contribution in [0.25, 0.3) is 0 Å². The van der Waals surface area contributed by atoms with E-state index in [9.17, 15) is 38.1 Å². The van der Waals surface area contributed by atoms with Crippen LogP contribution >= 0.6 is 0 Å². The number of carbonyl (C=O) groups excluding carboxylic acids is 2. The Morgan fingerprint density at radius 3 is 2.59 bits per heavy atom. The maximum atomic E-state index is 13.9. The standard InChI is InChI=1S/C16H17F3N2O8/c1-27-13(22)7-6-10(29-21(25)26)8-9-28-15(16(17,18)19)12-5-3-2-4-11(12)14(23)20(15)24/h2-5,10,24H,6-9H2,1H3. The average Bonchev–Trinajstić information content (AvgIpc) is 2.87. The predicted molar refractivity (Wildman–Crippen MR) is 85.8 cm³/mol. The van der Waals surface area contributed by atoms with Crippen molar-refractivity contribution in [3.8, 4) is 0 Å². The molecule has 1 N–H and O–H groups in total. The number of hydrogen-bond acceptors (Lipinski definition) is 8. The molecule has 29 heavy (non-hydrogen) atoms. The van der Waals surface area contributed by atoms with Crippen LogP contribution in [0.5, 0.6) is 0 Å². The maximum Gasteiger partial charge on any atom is 0.443 e. The SMILES string of the molecule is COC(=O)CCC(CCOC1(C(F)(F)F)c2ccccc2C(=O)N1O)O[N+](=O)[O-]. The smallest absolute Gasteiger partial charge is 0.443 e. The number of amides is 1. The first-order valence-electron chi connectivity index (χ1n) is 8.26. The Kier molecular flexibility index (Phi) is 6.64. The summed E-state index contributed by atoms with van der Waals surface area (Å²) in [5.41, 5.74) is -4.47. The third-order valence-electron chi connectivity index (χ3n) is 4.28. The van der Waals surface area contributed by atoms with Crippen LogP contribution in [-0.4, -0.2) is 53.2 Å². The molecule has 2 atom stereocenters. The van der Waals surface area contributed by atoms with Crippen LogP contribution in [0.1, 0.15) is 35.2 Å².